The fourth-order valence-electron chi connectivity index (χ4n) is 1.14. The van der Waals surface area contributed by atoms with Gasteiger partial charge in [-0.05, 0) is 6.42 Å². The minimum atomic E-state index is 0.619. The van der Waals surface area contributed by atoms with E-state index < -0.39 is 0 Å². The van der Waals surface area contributed by atoms with Crippen LogP contribution in [0.2, 0.25) is 0 Å². The molecule has 0 aliphatic heterocycles. The summed E-state index contributed by atoms with van der Waals surface area (Å²) in [6.45, 7) is 2.85. The van der Waals surface area contributed by atoms with Crippen LogP contribution in [0.15, 0.2) is 5.11 Å². The topological polar surface area (TPSA) is 34.7 Å². The predicted octanol–water partition coefficient (Wildman–Crippen LogP) is 3.76. The molecule has 0 aromatic carbocycles. The van der Waals surface area contributed by atoms with Crippen LogP contribution in [0.3, 0.4) is 0 Å². The van der Waals surface area contributed by atoms with Crippen LogP contribution in [0, 0.1) is 0 Å². The Kier molecular flexibility index (Phi) is 9.25. The average Bonchev–Trinajstić information content (AvgIpc) is 2.03. The Bertz CT molecular complexity index is 81.6. The maximum Gasteiger partial charge on any atom is 0.0151 e. The molecule has 0 aliphatic carbocycles. The van der Waals surface area contributed by atoms with Gasteiger partial charge in [-0.15, -0.1) is 0 Å². The highest BCUT2D eigenvalue weighted by Gasteiger charge is 1.87. The van der Waals surface area contributed by atoms with E-state index in [0.717, 1.165) is 6.42 Å². The Morgan fingerprint density at radius 2 is 1.45 bits per heavy atom. The third-order valence-corrected chi connectivity index (χ3v) is 1.86. The lowest BCUT2D eigenvalue weighted by Gasteiger charge is -1.99. The smallest absolute Gasteiger partial charge is 0.0151 e. The summed E-state index contributed by atoms with van der Waals surface area (Å²) < 4.78 is 0. The van der Waals surface area contributed by atoms with Gasteiger partial charge in [-0.1, -0.05) is 45.4 Å². The molecule has 0 aliphatic rings. The molecule has 0 aromatic heterocycles. The average molecular weight is 155 g/mol. The van der Waals surface area contributed by atoms with E-state index in [1.165, 1.54) is 38.5 Å². The molecule has 0 saturated carbocycles. The summed E-state index contributed by atoms with van der Waals surface area (Å²) in [5.41, 5.74) is 8.13. The van der Waals surface area contributed by atoms with Crippen molar-refractivity contribution in [1.29, 1.82) is 0 Å². The molecule has 0 atom stereocenters. The molecule has 0 unspecified atom stereocenters. The van der Waals surface area contributed by atoms with Crippen molar-refractivity contribution in [3.05, 3.63) is 5.53 Å². The lowest BCUT2D eigenvalue weighted by atomic mass is 10.1. The fourth-order valence-corrected chi connectivity index (χ4v) is 1.14. The van der Waals surface area contributed by atoms with Crippen LogP contribution in [-0.2, 0) is 0 Å². The number of nitrogens with zero attached hydrogens (tertiary/aromatic N) is 2. The van der Waals surface area contributed by atoms with E-state index in [1.807, 2.05) is 0 Å². The van der Waals surface area contributed by atoms with Gasteiger partial charge in [-0.3, -0.25) is 0 Å². The summed E-state index contributed by atoms with van der Waals surface area (Å²) in [6, 6.07) is 0. The molecule has 0 amide bonds. The quantitative estimate of drug-likeness (QED) is 0.378. The van der Waals surface area contributed by atoms with Crippen LogP contribution in [0.1, 0.15) is 51.9 Å². The van der Waals surface area contributed by atoms with E-state index in [1.54, 1.807) is 0 Å². The highest BCUT2D eigenvalue weighted by Crippen LogP contribution is 2.06. The van der Waals surface area contributed by atoms with E-state index in [9.17, 15) is 0 Å². The minimum absolute atomic E-state index is 0.619. The molecule has 0 N–H and O–H groups in total. The first-order chi connectivity index (χ1) is 5.41. The maximum atomic E-state index is 8.13. The van der Waals surface area contributed by atoms with E-state index in [0.29, 0.717) is 6.54 Å². The van der Waals surface area contributed by atoms with Gasteiger partial charge >= 0.3 is 0 Å². The maximum absolute atomic E-state index is 8.13. The molecule has 0 saturated heterocycles. The zero-order valence-electron chi connectivity index (χ0n) is 7.55. The number of hydrogen-bond donors (Lipinski definition) is 0. The van der Waals surface area contributed by atoms with E-state index >= 15 is 0 Å². The fraction of sp³-hybridized carbons (Fsp3) is 1.00. The summed E-state index contributed by atoms with van der Waals surface area (Å²) in [5.74, 6) is 0. The van der Waals surface area contributed by atoms with Crippen LogP contribution in [0.4, 0.5) is 0 Å². The minimum Gasteiger partial charge on any atom is -0.712 e. The molecular formula is C9H19N2-. The SMILES string of the molecule is CCCCCCCCCN=[N-]. The van der Waals surface area contributed by atoms with Gasteiger partial charge in [0, 0.05) is 6.54 Å². The van der Waals surface area contributed by atoms with Crippen molar-refractivity contribution in [2.75, 3.05) is 6.54 Å². The molecule has 0 bridgehead atoms. The largest absolute Gasteiger partial charge is 0.712 e. The third kappa shape index (κ3) is 9.60. The van der Waals surface area contributed by atoms with Crippen LogP contribution in [0.25, 0.3) is 5.53 Å². The molecular weight excluding hydrogens is 136 g/mol. The Labute approximate surface area is 69.9 Å². The van der Waals surface area contributed by atoms with Crippen molar-refractivity contribution in [1.82, 2.24) is 0 Å². The molecule has 0 rings (SSSR count). The van der Waals surface area contributed by atoms with Gasteiger partial charge in [0.2, 0.25) is 0 Å². The van der Waals surface area contributed by atoms with E-state index in [4.69, 9.17) is 5.53 Å². The van der Waals surface area contributed by atoms with Crippen molar-refractivity contribution in [2.24, 2.45) is 5.11 Å². The van der Waals surface area contributed by atoms with Crippen LogP contribution in [-0.4, -0.2) is 6.54 Å². The number of unbranched alkanes of at least 4 members (excludes halogenated alkanes) is 6. The molecule has 0 heterocycles. The Hall–Kier alpha value is -0.400. The molecule has 0 spiro atoms. The summed E-state index contributed by atoms with van der Waals surface area (Å²) in [7, 11) is 0. The van der Waals surface area contributed by atoms with Crippen LogP contribution >= 0.6 is 0 Å². The Morgan fingerprint density at radius 1 is 0.909 bits per heavy atom. The van der Waals surface area contributed by atoms with Crippen LogP contribution in [0.5, 0.6) is 0 Å². The van der Waals surface area contributed by atoms with Crippen molar-refractivity contribution < 1.29 is 0 Å². The van der Waals surface area contributed by atoms with E-state index in [-0.39, 0.29) is 0 Å². The summed E-state index contributed by atoms with van der Waals surface area (Å²) >= 11 is 0. The third-order valence-electron chi connectivity index (χ3n) is 1.86. The molecule has 2 heteroatoms. The van der Waals surface area contributed by atoms with Crippen molar-refractivity contribution in [3.8, 4) is 0 Å². The lowest BCUT2D eigenvalue weighted by molar-refractivity contribution is 0.592. The zero-order chi connectivity index (χ0) is 8.36. The first kappa shape index (κ1) is 10.6. The van der Waals surface area contributed by atoms with Gasteiger partial charge in [0.25, 0.3) is 0 Å². The van der Waals surface area contributed by atoms with Gasteiger partial charge in [0.1, 0.15) is 0 Å². The highest BCUT2D eigenvalue weighted by molar-refractivity contribution is 4.46. The first-order valence-electron chi connectivity index (χ1n) is 4.72. The standard InChI is InChI=1S/C9H19N2/c1-2-3-4-5-6-7-8-9-11-10/h2-9H2,1H3/q-1. The highest BCUT2D eigenvalue weighted by atomic mass is 14.9. The zero-order valence-corrected chi connectivity index (χ0v) is 7.55. The number of rotatable bonds is 8. The summed E-state index contributed by atoms with van der Waals surface area (Å²) in [6.07, 6.45) is 8.95. The second-order valence-corrected chi connectivity index (χ2v) is 2.99. The van der Waals surface area contributed by atoms with Gasteiger partial charge in [0.05, 0.1) is 0 Å². The molecule has 0 aromatic rings. The summed E-state index contributed by atoms with van der Waals surface area (Å²) in [5, 5.41) is 3.07. The molecule has 11 heavy (non-hydrogen) atoms. The molecule has 0 fully saturated rings. The van der Waals surface area contributed by atoms with Crippen molar-refractivity contribution in [2.45, 2.75) is 51.9 Å². The first-order valence-corrected chi connectivity index (χ1v) is 4.72. The Morgan fingerprint density at radius 3 is 2.00 bits per heavy atom. The van der Waals surface area contributed by atoms with Gasteiger partial charge < -0.3 is 10.6 Å². The second-order valence-electron chi connectivity index (χ2n) is 2.99. The van der Waals surface area contributed by atoms with Gasteiger partial charge in [-0.25, -0.2) is 0 Å². The predicted molar refractivity (Wildman–Crippen MR) is 48.6 cm³/mol. The van der Waals surface area contributed by atoms with Gasteiger partial charge in [0.15, 0.2) is 0 Å². The molecule has 0 radical (unpaired) electrons. The summed E-state index contributed by atoms with van der Waals surface area (Å²) in [4.78, 5) is 0. The van der Waals surface area contributed by atoms with Gasteiger partial charge in [-0.2, -0.15) is 0 Å². The number of hydrogen-bond acceptors (Lipinski definition) is 1. The molecule has 66 valence electrons. The normalized spacial score (nSPS) is 9.91. The second kappa shape index (κ2) is 9.60. The van der Waals surface area contributed by atoms with Crippen molar-refractivity contribution >= 4 is 0 Å². The monoisotopic (exact) mass is 155 g/mol. The Balaban J connectivity index is 2.74. The van der Waals surface area contributed by atoms with E-state index in [2.05, 4.69) is 12.0 Å². The van der Waals surface area contributed by atoms with Crippen molar-refractivity contribution in [3.63, 3.8) is 0 Å². The van der Waals surface area contributed by atoms with Crippen LogP contribution < -0.4 is 0 Å². The molecule has 2 nitrogen and oxygen atoms in total. The lowest BCUT2D eigenvalue weighted by Crippen LogP contribution is -1.81.